The van der Waals surface area contributed by atoms with Crippen molar-refractivity contribution < 1.29 is 24.3 Å². The van der Waals surface area contributed by atoms with Gasteiger partial charge in [0.2, 0.25) is 0 Å². The second-order valence-electron chi connectivity index (χ2n) is 6.30. The van der Waals surface area contributed by atoms with E-state index in [1.165, 1.54) is 12.1 Å². The van der Waals surface area contributed by atoms with Crippen LogP contribution in [0.15, 0.2) is 48.5 Å². The van der Waals surface area contributed by atoms with Gasteiger partial charge in [-0.15, -0.1) is 0 Å². The number of urea groups is 1. The number of carboxylic acids is 1. The molecule has 0 spiro atoms. The van der Waals surface area contributed by atoms with E-state index in [9.17, 15) is 19.2 Å². The van der Waals surface area contributed by atoms with Crippen molar-refractivity contribution in [2.24, 2.45) is 0 Å². The van der Waals surface area contributed by atoms with Gasteiger partial charge in [-0.1, -0.05) is 24.3 Å². The number of imide groups is 1. The molecule has 0 bridgehead atoms. The molecule has 0 unspecified atom stereocenters. The van der Waals surface area contributed by atoms with E-state index in [0.717, 1.165) is 5.56 Å². The maximum absolute atomic E-state index is 12.3. The van der Waals surface area contributed by atoms with Crippen molar-refractivity contribution in [2.45, 2.75) is 19.0 Å². The average molecular weight is 367 g/mol. The first-order valence-electron chi connectivity index (χ1n) is 8.14. The fourth-order valence-corrected chi connectivity index (χ4v) is 2.75. The van der Waals surface area contributed by atoms with Crippen LogP contribution in [0.5, 0.6) is 0 Å². The summed E-state index contributed by atoms with van der Waals surface area (Å²) in [4.78, 5) is 46.4. The van der Waals surface area contributed by atoms with E-state index in [0.29, 0.717) is 11.1 Å². The molecule has 8 nitrogen and oxygen atoms in total. The second kappa shape index (κ2) is 6.91. The van der Waals surface area contributed by atoms with Crippen LogP contribution in [0.2, 0.25) is 0 Å². The second-order valence-corrected chi connectivity index (χ2v) is 6.30. The third-order valence-electron chi connectivity index (χ3n) is 4.42. The minimum atomic E-state index is -1.17. The van der Waals surface area contributed by atoms with Gasteiger partial charge in [-0.05, 0) is 42.3 Å². The topological polar surface area (TPSA) is 125 Å². The Morgan fingerprint density at radius 1 is 1.00 bits per heavy atom. The lowest BCUT2D eigenvalue weighted by Gasteiger charge is -2.21. The number of amides is 4. The van der Waals surface area contributed by atoms with Crippen molar-refractivity contribution >= 4 is 23.8 Å². The molecule has 4 N–H and O–H groups in total. The van der Waals surface area contributed by atoms with Crippen LogP contribution in [0.25, 0.3) is 0 Å². The number of carboxylic acid groups (broad SMARTS) is 1. The Labute approximate surface area is 154 Å². The van der Waals surface area contributed by atoms with Gasteiger partial charge in [0.05, 0.1) is 5.56 Å². The summed E-state index contributed by atoms with van der Waals surface area (Å²) in [6, 6.07) is 12.0. The third kappa shape index (κ3) is 3.64. The van der Waals surface area contributed by atoms with Gasteiger partial charge >= 0.3 is 12.0 Å². The van der Waals surface area contributed by atoms with Crippen LogP contribution in [0.3, 0.4) is 0 Å². The quantitative estimate of drug-likeness (QED) is 0.594. The molecule has 8 heteroatoms. The van der Waals surface area contributed by atoms with Crippen molar-refractivity contribution in [1.29, 1.82) is 0 Å². The van der Waals surface area contributed by atoms with Gasteiger partial charge in [0.1, 0.15) is 5.54 Å². The molecule has 0 radical (unpaired) electrons. The predicted molar refractivity (Wildman–Crippen MR) is 95.0 cm³/mol. The minimum absolute atomic E-state index is 0.178. The van der Waals surface area contributed by atoms with E-state index in [1.807, 2.05) is 0 Å². The van der Waals surface area contributed by atoms with Crippen molar-refractivity contribution in [1.82, 2.24) is 16.0 Å². The number of carbonyl (C=O) groups is 4. The average Bonchev–Trinajstić information content (AvgIpc) is 2.93. The molecule has 3 rings (SSSR count). The SMILES string of the molecule is C[C@@]1(c2ccc(C(=O)NCc3ccc(C(=O)O)cc3)cc2)NC(=O)NC1=O. The molecule has 2 aromatic carbocycles. The molecule has 0 saturated carbocycles. The maximum atomic E-state index is 12.3. The molecular formula is C19H17N3O5. The molecule has 2 aromatic rings. The summed E-state index contributed by atoms with van der Waals surface area (Å²) in [5.41, 5.74) is 0.735. The Hall–Kier alpha value is -3.68. The van der Waals surface area contributed by atoms with E-state index in [-0.39, 0.29) is 18.0 Å². The number of rotatable bonds is 5. The third-order valence-corrected chi connectivity index (χ3v) is 4.42. The number of aromatic carboxylic acids is 1. The predicted octanol–water partition coefficient (Wildman–Crippen LogP) is 1.37. The number of hydrogen-bond acceptors (Lipinski definition) is 4. The van der Waals surface area contributed by atoms with Crippen LogP contribution in [-0.4, -0.2) is 28.9 Å². The molecule has 0 aliphatic carbocycles. The standard InChI is InChI=1S/C19H17N3O5/c1-19(17(26)21-18(27)22-19)14-8-6-12(7-9-14)15(23)20-10-11-2-4-13(5-3-11)16(24)25/h2-9H,10H2,1H3,(H,20,23)(H,24,25)(H2,21,22,26,27)/t19-/m0/s1. The number of nitrogens with one attached hydrogen (secondary N) is 3. The molecule has 1 fully saturated rings. The number of carbonyl (C=O) groups excluding carboxylic acids is 3. The zero-order valence-corrected chi connectivity index (χ0v) is 14.4. The molecule has 1 aliphatic heterocycles. The summed E-state index contributed by atoms with van der Waals surface area (Å²) >= 11 is 0. The lowest BCUT2D eigenvalue weighted by atomic mass is 9.91. The Morgan fingerprint density at radius 3 is 2.11 bits per heavy atom. The highest BCUT2D eigenvalue weighted by Gasteiger charge is 2.43. The van der Waals surface area contributed by atoms with E-state index in [4.69, 9.17) is 5.11 Å². The molecule has 1 atom stereocenters. The van der Waals surface area contributed by atoms with Gasteiger partial charge in [-0.2, -0.15) is 0 Å². The van der Waals surface area contributed by atoms with Crippen LogP contribution >= 0.6 is 0 Å². The van der Waals surface area contributed by atoms with E-state index in [2.05, 4.69) is 16.0 Å². The van der Waals surface area contributed by atoms with Crippen molar-refractivity contribution in [3.63, 3.8) is 0 Å². The normalized spacial score (nSPS) is 18.6. The first kappa shape index (κ1) is 18.1. The maximum Gasteiger partial charge on any atom is 0.335 e. The fraction of sp³-hybridized carbons (Fsp3) is 0.158. The zero-order valence-electron chi connectivity index (χ0n) is 14.4. The monoisotopic (exact) mass is 367 g/mol. The lowest BCUT2D eigenvalue weighted by Crippen LogP contribution is -2.40. The smallest absolute Gasteiger partial charge is 0.335 e. The summed E-state index contributed by atoms with van der Waals surface area (Å²) < 4.78 is 0. The highest BCUT2D eigenvalue weighted by Crippen LogP contribution is 2.24. The Bertz CT molecular complexity index is 921. The van der Waals surface area contributed by atoms with Gasteiger partial charge in [0.15, 0.2) is 0 Å². The molecule has 0 aromatic heterocycles. The van der Waals surface area contributed by atoms with E-state index >= 15 is 0 Å². The van der Waals surface area contributed by atoms with Crippen molar-refractivity contribution in [3.8, 4) is 0 Å². The lowest BCUT2D eigenvalue weighted by molar-refractivity contribution is -0.123. The molecule has 1 aliphatic rings. The first-order valence-corrected chi connectivity index (χ1v) is 8.14. The minimum Gasteiger partial charge on any atom is -0.478 e. The van der Waals surface area contributed by atoms with Crippen molar-refractivity contribution in [3.05, 3.63) is 70.8 Å². The highest BCUT2D eigenvalue weighted by atomic mass is 16.4. The fourth-order valence-electron chi connectivity index (χ4n) is 2.75. The summed E-state index contributed by atoms with van der Waals surface area (Å²) in [7, 11) is 0. The first-order chi connectivity index (χ1) is 12.8. The van der Waals surface area contributed by atoms with Crippen LogP contribution in [-0.2, 0) is 16.9 Å². The number of benzene rings is 2. The van der Waals surface area contributed by atoms with Crippen LogP contribution < -0.4 is 16.0 Å². The zero-order chi connectivity index (χ0) is 19.6. The Kier molecular flexibility index (Phi) is 4.64. The summed E-state index contributed by atoms with van der Waals surface area (Å²) in [5, 5.41) is 16.4. The van der Waals surface area contributed by atoms with Crippen molar-refractivity contribution in [2.75, 3.05) is 0 Å². The summed E-state index contributed by atoms with van der Waals surface area (Å²) in [5.74, 6) is -1.77. The Balaban J connectivity index is 1.65. The largest absolute Gasteiger partial charge is 0.478 e. The van der Waals surface area contributed by atoms with E-state index in [1.54, 1.807) is 43.3 Å². The van der Waals surface area contributed by atoms with Gasteiger partial charge in [0.25, 0.3) is 11.8 Å². The van der Waals surface area contributed by atoms with Gasteiger partial charge in [-0.25, -0.2) is 9.59 Å². The molecule has 4 amide bonds. The molecule has 1 heterocycles. The van der Waals surface area contributed by atoms with Crippen LogP contribution in [0, 0.1) is 0 Å². The highest BCUT2D eigenvalue weighted by molar-refractivity contribution is 6.07. The molecule has 27 heavy (non-hydrogen) atoms. The Morgan fingerprint density at radius 2 is 1.59 bits per heavy atom. The summed E-state index contributed by atoms with van der Waals surface area (Å²) in [6.07, 6.45) is 0. The van der Waals surface area contributed by atoms with E-state index < -0.39 is 23.4 Å². The summed E-state index contributed by atoms with van der Waals surface area (Å²) in [6.45, 7) is 1.83. The number of hydrogen-bond donors (Lipinski definition) is 4. The van der Waals surface area contributed by atoms with Gasteiger partial charge in [-0.3, -0.25) is 14.9 Å². The van der Waals surface area contributed by atoms with Gasteiger partial charge in [0, 0.05) is 12.1 Å². The molecule has 138 valence electrons. The van der Waals surface area contributed by atoms with Crippen LogP contribution in [0.1, 0.15) is 38.8 Å². The van der Waals surface area contributed by atoms with Gasteiger partial charge < -0.3 is 15.7 Å². The van der Waals surface area contributed by atoms with Crippen LogP contribution in [0.4, 0.5) is 4.79 Å². The molecule has 1 saturated heterocycles. The molecular weight excluding hydrogens is 350 g/mol.